The van der Waals surface area contributed by atoms with Gasteiger partial charge >= 0.3 is 0 Å². The van der Waals surface area contributed by atoms with Crippen LogP contribution in [-0.2, 0) is 16.8 Å². The number of likely N-dealkylation sites (tertiary alicyclic amines) is 1. The molecule has 0 saturated carbocycles. The largest absolute Gasteiger partial charge is 0.485 e. The molecule has 0 spiro atoms. The summed E-state index contributed by atoms with van der Waals surface area (Å²) < 4.78 is 13.2. The van der Waals surface area contributed by atoms with E-state index in [2.05, 4.69) is 4.98 Å². The quantitative estimate of drug-likeness (QED) is 0.776. The molecule has 1 aromatic heterocycles. The maximum absolute atomic E-state index is 12.9. The Morgan fingerprint density at radius 2 is 1.87 bits per heavy atom. The van der Waals surface area contributed by atoms with Crippen LogP contribution in [0, 0.1) is 5.92 Å². The number of rotatable bonds is 3. The Morgan fingerprint density at radius 3 is 2.53 bits per heavy atom. The van der Waals surface area contributed by atoms with Crippen molar-refractivity contribution in [1.82, 2.24) is 14.5 Å². The number of nitrogens with zero attached hydrogens (tertiary/aromatic N) is 3. The summed E-state index contributed by atoms with van der Waals surface area (Å²) in [6.45, 7) is 8.33. The summed E-state index contributed by atoms with van der Waals surface area (Å²) in [6.07, 6.45) is 2.76. The third-order valence-electron chi connectivity index (χ3n) is 5.81. The van der Waals surface area contributed by atoms with Crippen molar-refractivity contribution in [1.29, 1.82) is 0 Å². The van der Waals surface area contributed by atoms with Crippen LogP contribution in [0.25, 0.3) is 0 Å². The van der Waals surface area contributed by atoms with E-state index in [9.17, 15) is 9.59 Å². The predicted molar refractivity (Wildman–Crippen MR) is 113 cm³/mol. The predicted octanol–water partition coefficient (Wildman–Crippen LogP) is 2.62. The molecule has 1 unspecified atom stereocenters. The van der Waals surface area contributed by atoms with Crippen LogP contribution in [0.3, 0.4) is 0 Å². The van der Waals surface area contributed by atoms with Gasteiger partial charge in [-0.05, 0) is 30.9 Å². The van der Waals surface area contributed by atoms with E-state index in [1.54, 1.807) is 17.0 Å². The lowest BCUT2D eigenvalue weighted by Crippen LogP contribution is -2.49. The van der Waals surface area contributed by atoms with Crippen LogP contribution >= 0.6 is 0 Å². The molecule has 7 nitrogen and oxygen atoms in total. The molecule has 0 aliphatic carbocycles. The molecule has 0 N–H and O–H groups in total. The number of aromatic nitrogens is 2. The highest BCUT2D eigenvalue weighted by molar-refractivity contribution is 5.82. The number of amides is 1. The molecule has 7 heteroatoms. The summed E-state index contributed by atoms with van der Waals surface area (Å²) in [6, 6.07) is 9.04. The molecule has 160 valence electrons. The van der Waals surface area contributed by atoms with Crippen LogP contribution < -0.4 is 15.0 Å². The van der Waals surface area contributed by atoms with Crippen molar-refractivity contribution in [3.05, 3.63) is 52.7 Å². The number of para-hydroxylation sites is 2. The zero-order valence-electron chi connectivity index (χ0n) is 17.8. The van der Waals surface area contributed by atoms with Crippen molar-refractivity contribution >= 4 is 5.91 Å². The van der Waals surface area contributed by atoms with Gasteiger partial charge in [-0.2, -0.15) is 0 Å². The summed E-state index contributed by atoms with van der Waals surface area (Å²) in [4.78, 5) is 31.7. The second kappa shape index (κ2) is 8.13. The highest BCUT2D eigenvalue weighted by Crippen LogP contribution is 2.31. The highest BCUT2D eigenvalue weighted by atomic mass is 16.6. The van der Waals surface area contributed by atoms with E-state index in [0.717, 1.165) is 18.5 Å². The van der Waals surface area contributed by atoms with E-state index in [4.69, 9.17) is 9.47 Å². The van der Waals surface area contributed by atoms with E-state index in [-0.39, 0.29) is 23.5 Å². The minimum atomic E-state index is -0.604. The molecule has 1 amide bonds. The van der Waals surface area contributed by atoms with Gasteiger partial charge in [0.2, 0.25) is 6.10 Å². The Kier molecular flexibility index (Phi) is 5.54. The zero-order chi connectivity index (χ0) is 21.3. The Hall–Kier alpha value is -2.83. The van der Waals surface area contributed by atoms with Crippen LogP contribution in [0.1, 0.15) is 39.3 Å². The summed E-state index contributed by atoms with van der Waals surface area (Å²) in [5.41, 5.74) is 0.648. The first-order valence-electron chi connectivity index (χ1n) is 10.6. The van der Waals surface area contributed by atoms with Gasteiger partial charge < -0.3 is 14.4 Å². The van der Waals surface area contributed by atoms with E-state index < -0.39 is 6.10 Å². The Labute approximate surface area is 176 Å². The van der Waals surface area contributed by atoms with Gasteiger partial charge in [0.05, 0.1) is 12.0 Å². The first-order chi connectivity index (χ1) is 14.3. The van der Waals surface area contributed by atoms with Gasteiger partial charge in [0.15, 0.2) is 11.5 Å². The molecule has 3 heterocycles. The molecule has 4 rings (SSSR count). The number of fused-ring (bicyclic) bond motifs is 1. The Bertz CT molecular complexity index is 971. The third kappa shape index (κ3) is 4.35. The molecule has 1 atom stereocenters. The SMILES string of the molecule is CC(C)(C)c1cc(=O)n(CC2CCN(C(=O)C3COc4ccccc4O3)CC2)cn1. The van der Waals surface area contributed by atoms with Gasteiger partial charge in [0, 0.05) is 31.1 Å². The minimum Gasteiger partial charge on any atom is -0.485 e. The lowest BCUT2D eigenvalue weighted by molar-refractivity contribution is -0.142. The van der Waals surface area contributed by atoms with E-state index in [1.807, 2.05) is 49.9 Å². The van der Waals surface area contributed by atoms with Crippen LogP contribution in [0.5, 0.6) is 11.5 Å². The number of ether oxygens (including phenoxy) is 2. The van der Waals surface area contributed by atoms with E-state index in [1.165, 1.54) is 0 Å². The molecule has 1 aromatic carbocycles. The topological polar surface area (TPSA) is 73.7 Å². The normalized spacial score (nSPS) is 19.6. The van der Waals surface area contributed by atoms with Crippen LogP contribution in [0.4, 0.5) is 0 Å². The first-order valence-corrected chi connectivity index (χ1v) is 10.6. The molecule has 1 fully saturated rings. The molecular formula is C23H29N3O4. The average molecular weight is 412 g/mol. The second-order valence-electron chi connectivity index (χ2n) is 9.15. The van der Waals surface area contributed by atoms with Crippen molar-refractivity contribution in [3.63, 3.8) is 0 Å². The number of hydrogen-bond acceptors (Lipinski definition) is 5. The number of piperidine rings is 1. The number of carbonyl (C=O) groups is 1. The molecule has 0 radical (unpaired) electrons. The number of hydrogen-bond donors (Lipinski definition) is 0. The minimum absolute atomic E-state index is 0.0140. The molecule has 1 saturated heterocycles. The van der Waals surface area contributed by atoms with Crippen molar-refractivity contribution in [2.75, 3.05) is 19.7 Å². The van der Waals surface area contributed by atoms with Gasteiger partial charge in [0.1, 0.15) is 6.61 Å². The summed E-state index contributed by atoms with van der Waals surface area (Å²) in [7, 11) is 0. The van der Waals surface area contributed by atoms with Crippen molar-refractivity contribution in [2.45, 2.75) is 51.7 Å². The van der Waals surface area contributed by atoms with Gasteiger partial charge in [-0.15, -0.1) is 0 Å². The Balaban J connectivity index is 1.32. The monoisotopic (exact) mass is 411 g/mol. The fourth-order valence-corrected chi connectivity index (χ4v) is 3.93. The Morgan fingerprint density at radius 1 is 1.17 bits per heavy atom. The third-order valence-corrected chi connectivity index (χ3v) is 5.81. The number of carbonyl (C=O) groups excluding carboxylic acids is 1. The lowest BCUT2D eigenvalue weighted by Gasteiger charge is -2.35. The van der Waals surface area contributed by atoms with Gasteiger partial charge in [0.25, 0.3) is 11.5 Å². The van der Waals surface area contributed by atoms with Crippen LogP contribution in [-0.4, -0.2) is 46.2 Å². The molecule has 0 bridgehead atoms. The fourth-order valence-electron chi connectivity index (χ4n) is 3.93. The highest BCUT2D eigenvalue weighted by Gasteiger charge is 2.33. The van der Waals surface area contributed by atoms with Crippen molar-refractivity contribution in [3.8, 4) is 11.5 Å². The van der Waals surface area contributed by atoms with Gasteiger partial charge in [-0.1, -0.05) is 32.9 Å². The smallest absolute Gasteiger partial charge is 0.267 e. The van der Waals surface area contributed by atoms with Crippen LogP contribution in [0.15, 0.2) is 41.5 Å². The fraction of sp³-hybridized carbons (Fsp3) is 0.522. The van der Waals surface area contributed by atoms with Crippen molar-refractivity contribution < 1.29 is 14.3 Å². The van der Waals surface area contributed by atoms with E-state index in [0.29, 0.717) is 37.1 Å². The van der Waals surface area contributed by atoms with Crippen molar-refractivity contribution in [2.24, 2.45) is 5.92 Å². The molecule has 2 aliphatic rings. The second-order valence-corrected chi connectivity index (χ2v) is 9.15. The zero-order valence-corrected chi connectivity index (χ0v) is 17.8. The first kappa shape index (κ1) is 20.4. The van der Waals surface area contributed by atoms with Crippen LogP contribution in [0.2, 0.25) is 0 Å². The lowest BCUT2D eigenvalue weighted by atomic mass is 9.92. The summed E-state index contributed by atoms with van der Waals surface area (Å²) in [5, 5.41) is 0. The molecule has 2 aromatic rings. The van der Waals surface area contributed by atoms with E-state index >= 15 is 0 Å². The maximum atomic E-state index is 12.9. The van der Waals surface area contributed by atoms with Gasteiger partial charge in [-0.25, -0.2) is 4.98 Å². The summed E-state index contributed by atoms with van der Waals surface area (Å²) in [5.74, 6) is 1.61. The maximum Gasteiger partial charge on any atom is 0.267 e. The average Bonchev–Trinajstić information content (AvgIpc) is 2.74. The molecular weight excluding hydrogens is 382 g/mol. The molecule has 2 aliphatic heterocycles. The number of benzene rings is 1. The summed E-state index contributed by atoms with van der Waals surface area (Å²) >= 11 is 0. The molecule has 30 heavy (non-hydrogen) atoms. The standard InChI is InChI=1S/C23H29N3O4/c1-23(2,3)20-12-21(27)26(15-24-20)13-16-8-10-25(11-9-16)22(28)19-14-29-17-6-4-5-7-18(17)30-19/h4-7,12,15-16,19H,8-11,13-14H2,1-3H3. The van der Waals surface area contributed by atoms with Gasteiger partial charge in [-0.3, -0.25) is 14.2 Å².